The third-order valence-electron chi connectivity index (χ3n) is 3.35. The van der Waals surface area contributed by atoms with Crippen molar-refractivity contribution in [1.82, 2.24) is 24.6 Å². The summed E-state index contributed by atoms with van der Waals surface area (Å²) in [6.07, 6.45) is 4.68. The van der Waals surface area contributed by atoms with Gasteiger partial charge < -0.3 is 4.98 Å². The molecule has 3 rings (SSSR count). The fraction of sp³-hybridized carbons (Fsp3) is 0.417. The molecule has 0 bridgehead atoms. The molecule has 1 aliphatic heterocycles. The number of nitrogens with one attached hydrogen (secondary N) is 2. The van der Waals surface area contributed by atoms with E-state index in [-0.39, 0.29) is 5.56 Å². The van der Waals surface area contributed by atoms with Crippen molar-refractivity contribution in [3.63, 3.8) is 0 Å². The molecule has 0 saturated heterocycles. The van der Waals surface area contributed by atoms with Crippen LogP contribution in [0.1, 0.15) is 16.8 Å². The Morgan fingerprint density at radius 1 is 1.47 bits per heavy atom. The van der Waals surface area contributed by atoms with Gasteiger partial charge in [0.25, 0.3) is 5.56 Å². The second-order valence-corrected chi connectivity index (χ2v) is 5.26. The number of aryl methyl sites for hydroxylation is 1. The summed E-state index contributed by atoms with van der Waals surface area (Å²) in [7, 11) is 1.90. The zero-order chi connectivity index (χ0) is 13.4. The van der Waals surface area contributed by atoms with E-state index in [1.165, 1.54) is 0 Å². The summed E-state index contributed by atoms with van der Waals surface area (Å²) < 4.78 is 2.20. The highest BCUT2D eigenvalue weighted by Crippen LogP contribution is 2.15. The minimum absolute atomic E-state index is 0.0744. The van der Waals surface area contributed by atoms with Crippen LogP contribution in [0.25, 0.3) is 0 Å². The van der Waals surface area contributed by atoms with Crippen molar-refractivity contribution in [3.8, 4) is 0 Å². The molecule has 0 unspecified atom stereocenters. The summed E-state index contributed by atoms with van der Waals surface area (Å²) >= 11 is 4.99. The van der Waals surface area contributed by atoms with Crippen molar-refractivity contribution < 1.29 is 0 Å². The summed E-state index contributed by atoms with van der Waals surface area (Å²) in [6, 6.07) is 0. The van der Waals surface area contributed by atoms with Crippen molar-refractivity contribution in [2.24, 2.45) is 7.05 Å². The van der Waals surface area contributed by atoms with Gasteiger partial charge in [-0.2, -0.15) is 5.10 Å². The average Bonchev–Trinajstić information content (AvgIpc) is 2.75. The standard InChI is InChI=1S/C12H15N5OS/c1-16-5-8(4-13-16)6-17-3-2-10-9(7-17)11(18)15-12(19)14-10/h4-5H,2-3,6-7H2,1H3,(H2,14,15,18,19). The molecule has 2 N–H and O–H groups in total. The fourth-order valence-corrected chi connectivity index (χ4v) is 2.68. The van der Waals surface area contributed by atoms with E-state index in [0.29, 0.717) is 11.3 Å². The zero-order valence-corrected chi connectivity index (χ0v) is 11.5. The third-order valence-corrected chi connectivity index (χ3v) is 3.56. The van der Waals surface area contributed by atoms with Crippen LogP contribution in [0.3, 0.4) is 0 Å². The quantitative estimate of drug-likeness (QED) is 0.794. The normalized spacial score (nSPS) is 15.4. The molecule has 0 aromatic carbocycles. The molecule has 3 heterocycles. The van der Waals surface area contributed by atoms with Gasteiger partial charge in [0.2, 0.25) is 0 Å². The maximum Gasteiger partial charge on any atom is 0.256 e. The first-order chi connectivity index (χ1) is 9.11. The third kappa shape index (κ3) is 2.52. The maximum atomic E-state index is 11.9. The van der Waals surface area contributed by atoms with E-state index in [0.717, 1.165) is 36.3 Å². The van der Waals surface area contributed by atoms with Gasteiger partial charge in [0.1, 0.15) is 0 Å². The monoisotopic (exact) mass is 277 g/mol. The predicted molar refractivity (Wildman–Crippen MR) is 73.3 cm³/mol. The Hall–Kier alpha value is -1.73. The smallest absolute Gasteiger partial charge is 0.256 e. The molecule has 7 heteroatoms. The summed E-state index contributed by atoms with van der Waals surface area (Å²) in [5.41, 5.74) is 2.85. The van der Waals surface area contributed by atoms with Gasteiger partial charge in [-0.3, -0.25) is 19.4 Å². The lowest BCUT2D eigenvalue weighted by molar-refractivity contribution is 0.241. The van der Waals surface area contributed by atoms with Gasteiger partial charge in [0, 0.05) is 50.6 Å². The number of nitrogens with zero attached hydrogens (tertiary/aromatic N) is 3. The van der Waals surface area contributed by atoms with Crippen molar-refractivity contribution >= 4 is 12.2 Å². The van der Waals surface area contributed by atoms with Gasteiger partial charge in [0.15, 0.2) is 4.77 Å². The molecular formula is C12H15N5OS. The van der Waals surface area contributed by atoms with Gasteiger partial charge >= 0.3 is 0 Å². The first-order valence-electron chi connectivity index (χ1n) is 6.16. The van der Waals surface area contributed by atoms with Crippen LogP contribution >= 0.6 is 12.2 Å². The van der Waals surface area contributed by atoms with Crippen molar-refractivity contribution in [1.29, 1.82) is 0 Å². The Kier molecular flexibility index (Phi) is 3.08. The highest BCUT2D eigenvalue weighted by molar-refractivity contribution is 7.71. The molecule has 0 fully saturated rings. The lowest BCUT2D eigenvalue weighted by atomic mass is 10.1. The van der Waals surface area contributed by atoms with Crippen LogP contribution in [0.15, 0.2) is 17.2 Å². The van der Waals surface area contributed by atoms with Crippen LogP contribution in [0.5, 0.6) is 0 Å². The van der Waals surface area contributed by atoms with Gasteiger partial charge in [-0.05, 0) is 12.2 Å². The molecule has 2 aromatic heterocycles. The number of H-pyrrole nitrogens is 2. The largest absolute Gasteiger partial charge is 0.335 e. The van der Waals surface area contributed by atoms with Crippen LogP contribution < -0.4 is 5.56 Å². The lowest BCUT2D eigenvalue weighted by Gasteiger charge is -2.27. The second kappa shape index (κ2) is 4.75. The molecule has 2 aromatic rings. The van der Waals surface area contributed by atoms with Crippen LogP contribution in [-0.4, -0.2) is 31.2 Å². The Morgan fingerprint density at radius 3 is 3.05 bits per heavy atom. The highest BCUT2D eigenvalue weighted by atomic mass is 32.1. The second-order valence-electron chi connectivity index (χ2n) is 4.85. The van der Waals surface area contributed by atoms with Crippen molar-refractivity contribution in [3.05, 3.63) is 44.3 Å². The summed E-state index contributed by atoms with van der Waals surface area (Å²) in [4.78, 5) is 19.9. The summed E-state index contributed by atoms with van der Waals surface area (Å²) in [6.45, 7) is 2.37. The van der Waals surface area contributed by atoms with Crippen molar-refractivity contribution in [2.45, 2.75) is 19.5 Å². The SMILES string of the molecule is Cn1cc(CN2CCc3[nH]c(=S)[nH]c(=O)c3C2)cn1. The van der Waals surface area contributed by atoms with E-state index in [1.54, 1.807) is 4.68 Å². The number of hydrogen-bond acceptors (Lipinski definition) is 4. The number of rotatable bonds is 2. The van der Waals surface area contributed by atoms with E-state index in [4.69, 9.17) is 12.2 Å². The Morgan fingerprint density at radius 2 is 2.32 bits per heavy atom. The minimum atomic E-state index is -0.0744. The van der Waals surface area contributed by atoms with E-state index in [9.17, 15) is 4.79 Å². The summed E-state index contributed by atoms with van der Waals surface area (Å²) in [5, 5.41) is 4.16. The van der Waals surface area contributed by atoms with Crippen molar-refractivity contribution in [2.75, 3.05) is 6.54 Å². The molecular weight excluding hydrogens is 262 g/mol. The average molecular weight is 277 g/mol. The Labute approximate surface area is 115 Å². The first kappa shape index (κ1) is 12.3. The molecule has 0 radical (unpaired) electrons. The predicted octanol–water partition coefficient (Wildman–Crippen LogP) is 0.724. The molecule has 1 aliphatic rings. The molecule has 0 aliphatic carbocycles. The number of fused-ring (bicyclic) bond motifs is 1. The number of hydrogen-bond donors (Lipinski definition) is 2. The molecule has 0 saturated carbocycles. The topological polar surface area (TPSA) is 69.7 Å². The van der Waals surface area contributed by atoms with Gasteiger partial charge in [-0.25, -0.2) is 0 Å². The first-order valence-corrected chi connectivity index (χ1v) is 6.57. The number of aromatic nitrogens is 4. The maximum absolute atomic E-state index is 11.9. The van der Waals surface area contributed by atoms with Gasteiger partial charge in [0.05, 0.1) is 11.8 Å². The van der Waals surface area contributed by atoms with E-state index >= 15 is 0 Å². The molecule has 0 atom stereocenters. The van der Waals surface area contributed by atoms with Crippen LogP contribution in [-0.2, 0) is 26.6 Å². The van der Waals surface area contributed by atoms with E-state index < -0.39 is 0 Å². The Balaban J connectivity index is 1.82. The highest BCUT2D eigenvalue weighted by Gasteiger charge is 2.19. The minimum Gasteiger partial charge on any atom is -0.335 e. The lowest BCUT2D eigenvalue weighted by Crippen LogP contribution is -2.35. The van der Waals surface area contributed by atoms with E-state index in [1.807, 2.05) is 19.4 Å². The summed E-state index contributed by atoms with van der Waals surface area (Å²) in [5.74, 6) is 0. The van der Waals surface area contributed by atoms with Crippen LogP contribution in [0.4, 0.5) is 0 Å². The molecule has 0 spiro atoms. The molecule has 100 valence electrons. The number of aromatic amines is 2. The van der Waals surface area contributed by atoms with Crippen LogP contribution in [0.2, 0.25) is 0 Å². The van der Waals surface area contributed by atoms with Crippen LogP contribution in [0, 0.1) is 4.77 Å². The van der Waals surface area contributed by atoms with Gasteiger partial charge in [-0.15, -0.1) is 0 Å². The zero-order valence-electron chi connectivity index (χ0n) is 10.6. The molecule has 19 heavy (non-hydrogen) atoms. The van der Waals surface area contributed by atoms with Gasteiger partial charge in [-0.1, -0.05) is 0 Å². The Bertz CT molecular complexity index is 713. The molecule has 0 amide bonds. The fourth-order valence-electron chi connectivity index (χ4n) is 2.46. The van der Waals surface area contributed by atoms with E-state index in [2.05, 4.69) is 20.0 Å². The molecule has 6 nitrogen and oxygen atoms in total.